The van der Waals surface area contributed by atoms with Crippen molar-refractivity contribution in [3.8, 4) is 11.5 Å². The Morgan fingerprint density at radius 2 is 1.68 bits per heavy atom. The molecule has 2 aromatic carbocycles. The Bertz CT molecular complexity index is 771. The van der Waals surface area contributed by atoms with E-state index in [-0.39, 0.29) is 18.6 Å². The maximum absolute atomic E-state index is 12.2. The van der Waals surface area contributed by atoms with E-state index in [2.05, 4.69) is 17.6 Å². The highest BCUT2D eigenvalue weighted by molar-refractivity contribution is 5.93. The van der Waals surface area contributed by atoms with Gasteiger partial charge < -0.3 is 24.8 Å². The SMILES string of the molecule is CCCCCCOc1ccc(NCC(=O)Nc2ccc(OCC3CCCO3)cc2)cc1. The van der Waals surface area contributed by atoms with E-state index < -0.39 is 0 Å². The van der Waals surface area contributed by atoms with Crippen LogP contribution in [0.5, 0.6) is 11.5 Å². The van der Waals surface area contributed by atoms with Gasteiger partial charge >= 0.3 is 0 Å². The van der Waals surface area contributed by atoms with E-state index in [9.17, 15) is 4.79 Å². The monoisotopic (exact) mass is 426 g/mol. The normalized spacial score (nSPS) is 15.5. The number of hydrogen-bond acceptors (Lipinski definition) is 5. The summed E-state index contributed by atoms with van der Waals surface area (Å²) in [5.41, 5.74) is 1.62. The fraction of sp³-hybridized carbons (Fsp3) is 0.480. The Morgan fingerprint density at radius 3 is 2.35 bits per heavy atom. The molecule has 3 rings (SSSR count). The molecular weight excluding hydrogens is 392 g/mol. The van der Waals surface area contributed by atoms with Gasteiger partial charge in [-0.15, -0.1) is 0 Å². The van der Waals surface area contributed by atoms with E-state index in [1.165, 1.54) is 19.3 Å². The van der Waals surface area contributed by atoms with Crippen LogP contribution in [0.25, 0.3) is 0 Å². The van der Waals surface area contributed by atoms with Crippen LogP contribution in [0.15, 0.2) is 48.5 Å². The smallest absolute Gasteiger partial charge is 0.243 e. The van der Waals surface area contributed by atoms with Gasteiger partial charge in [0.05, 0.1) is 19.3 Å². The summed E-state index contributed by atoms with van der Waals surface area (Å²) in [6, 6.07) is 15.1. The molecule has 1 atom stereocenters. The highest BCUT2D eigenvalue weighted by Gasteiger charge is 2.15. The minimum atomic E-state index is -0.107. The van der Waals surface area contributed by atoms with Crippen LogP contribution in [-0.2, 0) is 9.53 Å². The molecule has 0 aromatic heterocycles. The molecule has 31 heavy (non-hydrogen) atoms. The summed E-state index contributed by atoms with van der Waals surface area (Å²) >= 11 is 0. The molecule has 1 aliphatic rings. The van der Waals surface area contributed by atoms with Gasteiger partial charge in [-0.1, -0.05) is 26.2 Å². The summed E-state index contributed by atoms with van der Waals surface area (Å²) in [6.45, 7) is 4.52. The van der Waals surface area contributed by atoms with E-state index in [1.54, 1.807) is 0 Å². The molecule has 0 aliphatic carbocycles. The number of carbonyl (C=O) groups excluding carboxylic acids is 1. The summed E-state index contributed by atoms with van der Waals surface area (Å²) in [4.78, 5) is 12.2. The Labute approximate surface area is 185 Å². The lowest BCUT2D eigenvalue weighted by Crippen LogP contribution is -2.21. The first kappa shape index (κ1) is 22.9. The topological polar surface area (TPSA) is 68.8 Å². The van der Waals surface area contributed by atoms with Gasteiger partial charge in [-0.2, -0.15) is 0 Å². The highest BCUT2D eigenvalue weighted by atomic mass is 16.5. The van der Waals surface area contributed by atoms with Crippen molar-refractivity contribution in [2.24, 2.45) is 0 Å². The summed E-state index contributed by atoms with van der Waals surface area (Å²) in [7, 11) is 0. The first-order valence-corrected chi connectivity index (χ1v) is 11.3. The van der Waals surface area contributed by atoms with Crippen LogP contribution < -0.4 is 20.1 Å². The molecule has 0 bridgehead atoms. The fourth-order valence-electron chi connectivity index (χ4n) is 3.37. The van der Waals surface area contributed by atoms with Crippen molar-refractivity contribution in [2.75, 3.05) is 37.0 Å². The molecule has 1 aliphatic heterocycles. The zero-order valence-electron chi connectivity index (χ0n) is 18.4. The number of nitrogens with one attached hydrogen (secondary N) is 2. The third kappa shape index (κ3) is 8.50. The molecule has 1 saturated heterocycles. The van der Waals surface area contributed by atoms with E-state index >= 15 is 0 Å². The number of benzene rings is 2. The van der Waals surface area contributed by atoms with Crippen molar-refractivity contribution in [1.82, 2.24) is 0 Å². The Hall–Kier alpha value is -2.73. The molecule has 0 spiro atoms. The lowest BCUT2D eigenvalue weighted by molar-refractivity contribution is -0.114. The Kier molecular flexibility index (Phi) is 9.51. The Balaban J connectivity index is 1.33. The molecular formula is C25H34N2O4. The molecule has 0 radical (unpaired) electrons. The van der Waals surface area contributed by atoms with Gasteiger partial charge in [-0.25, -0.2) is 0 Å². The molecule has 1 unspecified atom stereocenters. The van der Waals surface area contributed by atoms with Gasteiger partial charge in [-0.05, 0) is 67.8 Å². The average Bonchev–Trinajstić information content (AvgIpc) is 3.32. The Morgan fingerprint density at radius 1 is 0.968 bits per heavy atom. The number of amides is 1. The predicted molar refractivity (Wildman–Crippen MR) is 124 cm³/mol. The van der Waals surface area contributed by atoms with E-state index in [4.69, 9.17) is 14.2 Å². The second kappa shape index (κ2) is 12.8. The van der Waals surface area contributed by atoms with Crippen LogP contribution in [0.3, 0.4) is 0 Å². The standard InChI is InChI=1S/C25H34N2O4/c1-2-3-4-5-16-29-22-12-8-20(9-13-22)26-18-25(28)27-21-10-14-23(15-11-21)31-19-24-7-6-17-30-24/h8-15,24,26H,2-7,16-19H2,1H3,(H,27,28). The van der Waals surface area contributed by atoms with Crippen molar-refractivity contribution in [3.05, 3.63) is 48.5 Å². The minimum absolute atomic E-state index is 0.107. The molecule has 6 nitrogen and oxygen atoms in total. The first-order valence-electron chi connectivity index (χ1n) is 11.3. The van der Waals surface area contributed by atoms with E-state index in [1.807, 2.05) is 48.5 Å². The van der Waals surface area contributed by atoms with Gasteiger partial charge in [0.2, 0.25) is 5.91 Å². The second-order valence-electron chi connectivity index (χ2n) is 7.81. The number of carbonyl (C=O) groups is 1. The maximum atomic E-state index is 12.2. The number of unbranched alkanes of at least 4 members (excludes halogenated alkanes) is 3. The summed E-state index contributed by atoms with van der Waals surface area (Å²) in [6.07, 6.45) is 7.11. The molecule has 0 saturated carbocycles. The summed E-state index contributed by atoms with van der Waals surface area (Å²) < 4.78 is 17.0. The quantitative estimate of drug-likeness (QED) is 0.428. The summed E-state index contributed by atoms with van der Waals surface area (Å²) in [5.74, 6) is 1.52. The molecule has 2 aromatic rings. The largest absolute Gasteiger partial charge is 0.494 e. The third-order valence-electron chi connectivity index (χ3n) is 5.17. The second-order valence-corrected chi connectivity index (χ2v) is 7.81. The van der Waals surface area contributed by atoms with Crippen LogP contribution in [0.4, 0.5) is 11.4 Å². The van der Waals surface area contributed by atoms with E-state index in [0.717, 1.165) is 55.4 Å². The number of rotatable bonds is 13. The van der Waals surface area contributed by atoms with Crippen LogP contribution >= 0.6 is 0 Å². The molecule has 2 N–H and O–H groups in total. The number of hydrogen-bond donors (Lipinski definition) is 2. The van der Waals surface area contributed by atoms with Crippen LogP contribution in [-0.4, -0.2) is 38.4 Å². The molecule has 1 heterocycles. The van der Waals surface area contributed by atoms with Gasteiger partial charge in [0.25, 0.3) is 0 Å². The molecule has 1 amide bonds. The van der Waals surface area contributed by atoms with Gasteiger partial charge in [-0.3, -0.25) is 4.79 Å². The third-order valence-corrected chi connectivity index (χ3v) is 5.17. The predicted octanol–water partition coefficient (Wildman–Crippen LogP) is 5.25. The zero-order chi connectivity index (χ0) is 21.7. The van der Waals surface area contributed by atoms with Crippen LogP contribution in [0, 0.1) is 0 Å². The van der Waals surface area contributed by atoms with Crippen molar-refractivity contribution in [1.29, 1.82) is 0 Å². The summed E-state index contributed by atoms with van der Waals surface area (Å²) in [5, 5.41) is 6.02. The zero-order valence-corrected chi connectivity index (χ0v) is 18.4. The van der Waals surface area contributed by atoms with E-state index in [0.29, 0.717) is 6.61 Å². The lowest BCUT2D eigenvalue weighted by Gasteiger charge is -2.12. The minimum Gasteiger partial charge on any atom is -0.494 e. The van der Waals surface area contributed by atoms with Crippen molar-refractivity contribution >= 4 is 17.3 Å². The van der Waals surface area contributed by atoms with Crippen molar-refractivity contribution in [3.63, 3.8) is 0 Å². The van der Waals surface area contributed by atoms with Crippen molar-refractivity contribution in [2.45, 2.75) is 51.6 Å². The van der Waals surface area contributed by atoms with Gasteiger partial charge in [0.15, 0.2) is 0 Å². The van der Waals surface area contributed by atoms with Crippen LogP contribution in [0.2, 0.25) is 0 Å². The fourth-order valence-corrected chi connectivity index (χ4v) is 3.37. The lowest BCUT2D eigenvalue weighted by atomic mass is 10.2. The highest BCUT2D eigenvalue weighted by Crippen LogP contribution is 2.19. The first-order chi connectivity index (χ1) is 15.2. The maximum Gasteiger partial charge on any atom is 0.243 e. The average molecular weight is 427 g/mol. The molecule has 1 fully saturated rings. The number of anilines is 2. The van der Waals surface area contributed by atoms with Crippen LogP contribution in [0.1, 0.15) is 45.4 Å². The molecule has 168 valence electrons. The van der Waals surface area contributed by atoms with Gasteiger partial charge in [0, 0.05) is 18.0 Å². The van der Waals surface area contributed by atoms with Crippen molar-refractivity contribution < 1.29 is 19.0 Å². The number of ether oxygens (including phenoxy) is 3. The van der Waals surface area contributed by atoms with Gasteiger partial charge in [0.1, 0.15) is 18.1 Å². The molecule has 6 heteroatoms.